The van der Waals surface area contributed by atoms with Crippen molar-refractivity contribution in [3.05, 3.63) is 36.0 Å². The molecule has 0 atom stereocenters. The molecule has 0 unspecified atom stereocenters. The molecule has 2 aliphatic rings. The molecule has 1 fully saturated rings. The summed E-state index contributed by atoms with van der Waals surface area (Å²) >= 11 is 0. The molecular formula is C15H24. The highest BCUT2D eigenvalue weighted by Crippen LogP contribution is 2.61. The average Bonchev–Trinajstić information content (AvgIpc) is 2.96. The lowest BCUT2D eigenvalue weighted by Gasteiger charge is -2.07. The van der Waals surface area contributed by atoms with E-state index in [1.165, 1.54) is 25.7 Å². The SMILES string of the molecule is C=CC1=C(/C=C\CC)CCC12CC2.CC. The van der Waals surface area contributed by atoms with Crippen molar-refractivity contribution in [1.82, 2.24) is 0 Å². The predicted octanol–water partition coefficient (Wildman–Crippen LogP) is 5.04. The Balaban J connectivity index is 0.000000531. The van der Waals surface area contributed by atoms with Crippen molar-refractivity contribution < 1.29 is 0 Å². The van der Waals surface area contributed by atoms with E-state index < -0.39 is 0 Å². The summed E-state index contributed by atoms with van der Waals surface area (Å²) in [5.74, 6) is 0. The van der Waals surface area contributed by atoms with Crippen molar-refractivity contribution >= 4 is 0 Å². The van der Waals surface area contributed by atoms with E-state index in [1.807, 2.05) is 13.8 Å². The molecule has 15 heavy (non-hydrogen) atoms. The van der Waals surface area contributed by atoms with E-state index in [4.69, 9.17) is 0 Å². The van der Waals surface area contributed by atoms with Crippen LogP contribution >= 0.6 is 0 Å². The van der Waals surface area contributed by atoms with Gasteiger partial charge in [-0.25, -0.2) is 0 Å². The highest BCUT2D eigenvalue weighted by atomic mass is 14.5. The number of hydrogen-bond acceptors (Lipinski definition) is 0. The Labute approximate surface area is 94.8 Å². The molecule has 0 nitrogen and oxygen atoms in total. The van der Waals surface area contributed by atoms with Crippen LogP contribution in [0.2, 0.25) is 0 Å². The van der Waals surface area contributed by atoms with Gasteiger partial charge in [-0.3, -0.25) is 0 Å². The van der Waals surface area contributed by atoms with E-state index in [1.54, 1.807) is 11.1 Å². The summed E-state index contributed by atoms with van der Waals surface area (Å²) in [5, 5.41) is 0. The van der Waals surface area contributed by atoms with Crippen LogP contribution in [0.1, 0.15) is 52.9 Å². The Hall–Kier alpha value is -0.780. The average molecular weight is 204 g/mol. The van der Waals surface area contributed by atoms with E-state index in [9.17, 15) is 0 Å². The molecule has 0 aromatic heterocycles. The van der Waals surface area contributed by atoms with Gasteiger partial charge in [0.1, 0.15) is 0 Å². The minimum Gasteiger partial charge on any atom is -0.0988 e. The maximum atomic E-state index is 3.94. The topological polar surface area (TPSA) is 0 Å². The van der Waals surface area contributed by atoms with E-state index in [0.717, 1.165) is 6.42 Å². The molecule has 0 bridgehead atoms. The van der Waals surface area contributed by atoms with E-state index in [-0.39, 0.29) is 0 Å². The van der Waals surface area contributed by atoms with Crippen LogP contribution in [-0.2, 0) is 0 Å². The third-order valence-electron chi connectivity index (χ3n) is 3.40. The zero-order valence-electron chi connectivity index (χ0n) is 10.5. The van der Waals surface area contributed by atoms with Gasteiger partial charge < -0.3 is 0 Å². The fourth-order valence-electron chi connectivity index (χ4n) is 2.43. The van der Waals surface area contributed by atoms with Crippen molar-refractivity contribution in [2.75, 3.05) is 0 Å². The molecule has 0 aliphatic heterocycles. The minimum absolute atomic E-state index is 0.592. The zero-order valence-corrected chi connectivity index (χ0v) is 10.5. The Morgan fingerprint density at radius 3 is 2.40 bits per heavy atom. The lowest BCUT2D eigenvalue weighted by molar-refractivity contribution is 0.610. The number of rotatable bonds is 3. The van der Waals surface area contributed by atoms with Gasteiger partial charge in [0.05, 0.1) is 0 Å². The van der Waals surface area contributed by atoms with Gasteiger partial charge in [-0.05, 0) is 48.7 Å². The molecule has 0 aromatic carbocycles. The smallest absolute Gasteiger partial charge is 0.00407 e. The predicted molar refractivity (Wildman–Crippen MR) is 68.9 cm³/mol. The summed E-state index contributed by atoms with van der Waals surface area (Å²) in [4.78, 5) is 0. The third kappa shape index (κ3) is 2.42. The van der Waals surface area contributed by atoms with Crippen LogP contribution in [0.3, 0.4) is 0 Å². The molecule has 0 aromatic rings. The second-order valence-electron chi connectivity index (χ2n) is 4.23. The van der Waals surface area contributed by atoms with Crippen LogP contribution in [0.25, 0.3) is 0 Å². The van der Waals surface area contributed by atoms with Crippen LogP contribution < -0.4 is 0 Å². The fraction of sp³-hybridized carbons (Fsp3) is 0.600. The molecule has 0 heteroatoms. The van der Waals surface area contributed by atoms with Crippen LogP contribution in [0, 0.1) is 5.41 Å². The van der Waals surface area contributed by atoms with Gasteiger partial charge in [-0.2, -0.15) is 0 Å². The van der Waals surface area contributed by atoms with E-state index in [0.29, 0.717) is 5.41 Å². The molecule has 0 radical (unpaired) electrons. The second kappa shape index (κ2) is 5.34. The summed E-state index contributed by atoms with van der Waals surface area (Å²) < 4.78 is 0. The molecule has 1 saturated carbocycles. The third-order valence-corrected chi connectivity index (χ3v) is 3.40. The molecule has 0 saturated heterocycles. The Bertz CT molecular complexity index is 274. The van der Waals surface area contributed by atoms with Crippen LogP contribution in [0.5, 0.6) is 0 Å². The summed E-state index contributed by atoms with van der Waals surface area (Å²) in [6.45, 7) is 10.1. The molecule has 0 heterocycles. The highest BCUT2D eigenvalue weighted by Gasteiger charge is 2.48. The molecule has 2 aliphatic carbocycles. The molecule has 84 valence electrons. The van der Waals surface area contributed by atoms with Crippen molar-refractivity contribution in [1.29, 1.82) is 0 Å². The van der Waals surface area contributed by atoms with Gasteiger partial charge in [0, 0.05) is 0 Å². The zero-order chi connectivity index (χ0) is 11.3. The molecule has 0 N–H and O–H groups in total. The lowest BCUT2D eigenvalue weighted by Crippen LogP contribution is -1.95. The lowest BCUT2D eigenvalue weighted by atomic mass is 9.97. The normalized spacial score (nSPS) is 21.8. The van der Waals surface area contributed by atoms with Crippen molar-refractivity contribution in [2.45, 2.75) is 52.9 Å². The highest BCUT2D eigenvalue weighted by molar-refractivity contribution is 5.44. The summed E-state index contributed by atoms with van der Waals surface area (Å²) in [6.07, 6.45) is 13.3. The summed E-state index contributed by atoms with van der Waals surface area (Å²) in [6, 6.07) is 0. The Morgan fingerprint density at radius 1 is 1.27 bits per heavy atom. The monoisotopic (exact) mass is 204 g/mol. The molecule has 1 spiro atoms. The van der Waals surface area contributed by atoms with Crippen LogP contribution in [0.15, 0.2) is 36.0 Å². The quantitative estimate of drug-likeness (QED) is 0.604. The Kier molecular flexibility index (Phi) is 4.38. The van der Waals surface area contributed by atoms with Crippen molar-refractivity contribution in [2.24, 2.45) is 5.41 Å². The Morgan fingerprint density at radius 2 is 1.93 bits per heavy atom. The first-order valence-electron chi connectivity index (χ1n) is 6.35. The maximum Gasteiger partial charge on any atom is -0.00407 e. The van der Waals surface area contributed by atoms with E-state index in [2.05, 4.69) is 31.7 Å². The summed E-state index contributed by atoms with van der Waals surface area (Å²) in [7, 11) is 0. The molecule has 2 rings (SSSR count). The second-order valence-corrected chi connectivity index (χ2v) is 4.23. The van der Waals surface area contributed by atoms with Crippen molar-refractivity contribution in [3.8, 4) is 0 Å². The van der Waals surface area contributed by atoms with E-state index >= 15 is 0 Å². The first kappa shape index (κ1) is 12.3. The van der Waals surface area contributed by atoms with Crippen LogP contribution in [-0.4, -0.2) is 0 Å². The largest absolute Gasteiger partial charge is 0.0988 e. The van der Waals surface area contributed by atoms with Gasteiger partial charge in [0.15, 0.2) is 0 Å². The number of allylic oxidation sites excluding steroid dienone is 5. The standard InChI is InChI=1S/C13H18.C2H6/c1-3-5-6-11-7-8-13(9-10-13)12(11)4-2;1-2/h4-6H,2-3,7-10H2,1H3;1-2H3/b6-5-;. The number of hydrogen-bond donors (Lipinski definition) is 0. The van der Waals surface area contributed by atoms with Gasteiger partial charge in [0.25, 0.3) is 0 Å². The van der Waals surface area contributed by atoms with Crippen LogP contribution in [0.4, 0.5) is 0 Å². The van der Waals surface area contributed by atoms with Gasteiger partial charge in [0.2, 0.25) is 0 Å². The van der Waals surface area contributed by atoms with Gasteiger partial charge in [-0.1, -0.05) is 45.6 Å². The maximum absolute atomic E-state index is 3.94. The molecule has 0 amide bonds. The first-order valence-corrected chi connectivity index (χ1v) is 6.35. The van der Waals surface area contributed by atoms with Gasteiger partial charge in [-0.15, -0.1) is 0 Å². The minimum atomic E-state index is 0.592. The van der Waals surface area contributed by atoms with Gasteiger partial charge >= 0.3 is 0 Å². The van der Waals surface area contributed by atoms with Crippen molar-refractivity contribution in [3.63, 3.8) is 0 Å². The molecular weight excluding hydrogens is 180 g/mol. The first-order chi connectivity index (χ1) is 7.32. The fourth-order valence-corrected chi connectivity index (χ4v) is 2.43. The summed E-state index contributed by atoms with van der Waals surface area (Å²) in [5.41, 5.74) is 3.70.